The zero-order valence-electron chi connectivity index (χ0n) is 18.9. The van der Waals surface area contributed by atoms with Gasteiger partial charge in [-0.3, -0.25) is 14.7 Å². The predicted molar refractivity (Wildman–Crippen MR) is 141 cm³/mol. The summed E-state index contributed by atoms with van der Waals surface area (Å²) in [6.07, 6.45) is 0.484. The molecule has 7 nitrogen and oxygen atoms in total. The van der Waals surface area contributed by atoms with Gasteiger partial charge in [0.2, 0.25) is 5.91 Å². The molecule has 174 valence electrons. The first-order valence-electron chi connectivity index (χ1n) is 10.8. The highest BCUT2D eigenvalue weighted by atomic mass is 127. The number of guanidine groups is 1. The van der Waals surface area contributed by atoms with Crippen molar-refractivity contribution in [3.8, 4) is 0 Å². The summed E-state index contributed by atoms with van der Waals surface area (Å²) in [5.74, 6) is 0.774. The molecule has 1 aliphatic rings. The van der Waals surface area contributed by atoms with Gasteiger partial charge in [-0.15, -0.1) is 24.0 Å². The summed E-state index contributed by atoms with van der Waals surface area (Å²) < 4.78 is 5.35. The maximum absolute atomic E-state index is 12.3. The number of carbonyl (C=O) groups is 1. The Kier molecular flexibility index (Phi) is 11.5. The number of nitrogens with one attached hydrogen (secondary N) is 3. The number of ether oxygens (including phenoxy) is 1. The third-order valence-corrected chi connectivity index (χ3v) is 5.36. The van der Waals surface area contributed by atoms with E-state index in [-0.39, 0.29) is 29.9 Å². The normalized spacial score (nSPS) is 14.4. The average molecular weight is 551 g/mol. The summed E-state index contributed by atoms with van der Waals surface area (Å²) in [5.41, 5.74) is 4.38. The fourth-order valence-corrected chi connectivity index (χ4v) is 3.46. The van der Waals surface area contributed by atoms with Crippen LogP contribution < -0.4 is 16.0 Å². The molecule has 1 fully saturated rings. The second kappa shape index (κ2) is 14.1. The number of anilines is 1. The highest BCUT2D eigenvalue weighted by molar-refractivity contribution is 14.0. The number of halogens is 1. The van der Waals surface area contributed by atoms with E-state index in [4.69, 9.17) is 4.74 Å². The van der Waals surface area contributed by atoms with Gasteiger partial charge in [-0.25, -0.2) is 0 Å². The number of aryl methyl sites for hydroxylation is 1. The minimum atomic E-state index is 0. The first-order chi connectivity index (χ1) is 15.1. The standard InChI is InChI=1S/C24H33N5O2.HI/c1-19-6-3-4-8-21(19)18-27-24(25-2)26-17-20-7-5-9-22(16-20)28-23(30)10-11-29-12-14-31-15-13-29;/h3-9,16H,10-15,17-18H2,1-2H3,(H,28,30)(H2,25,26,27);1H. The van der Waals surface area contributed by atoms with Gasteiger partial charge in [0.15, 0.2) is 5.96 Å². The van der Waals surface area contributed by atoms with E-state index < -0.39 is 0 Å². The van der Waals surface area contributed by atoms with E-state index in [1.165, 1.54) is 11.1 Å². The minimum Gasteiger partial charge on any atom is -0.379 e. The van der Waals surface area contributed by atoms with Crippen molar-refractivity contribution in [2.45, 2.75) is 26.4 Å². The summed E-state index contributed by atoms with van der Waals surface area (Å²) in [6.45, 7) is 7.49. The predicted octanol–water partition coefficient (Wildman–Crippen LogP) is 3.14. The summed E-state index contributed by atoms with van der Waals surface area (Å²) in [7, 11) is 1.76. The molecule has 0 atom stereocenters. The number of aliphatic imine (C=N–C) groups is 1. The first kappa shape index (κ1) is 26.1. The van der Waals surface area contributed by atoms with Crippen LogP contribution in [0.4, 0.5) is 5.69 Å². The van der Waals surface area contributed by atoms with Gasteiger partial charge in [-0.05, 0) is 35.7 Å². The Morgan fingerprint density at radius 1 is 1.06 bits per heavy atom. The number of amides is 1. The van der Waals surface area contributed by atoms with Crippen LogP contribution in [0.1, 0.15) is 23.1 Å². The van der Waals surface area contributed by atoms with E-state index in [1.807, 2.05) is 36.4 Å². The highest BCUT2D eigenvalue weighted by Crippen LogP contribution is 2.11. The third kappa shape index (κ3) is 8.76. The monoisotopic (exact) mass is 551 g/mol. The maximum Gasteiger partial charge on any atom is 0.225 e. The number of morpholine rings is 1. The molecular formula is C24H34IN5O2. The molecule has 0 aliphatic carbocycles. The molecule has 0 unspecified atom stereocenters. The van der Waals surface area contributed by atoms with E-state index in [9.17, 15) is 4.79 Å². The van der Waals surface area contributed by atoms with Crippen molar-refractivity contribution in [1.82, 2.24) is 15.5 Å². The number of benzene rings is 2. The number of nitrogens with zero attached hydrogens (tertiary/aromatic N) is 2. The Morgan fingerprint density at radius 2 is 1.81 bits per heavy atom. The van der Waals surface area contributed by atoms with Gasteiger partial charge in [0.1, 0.15) is 0 Å². The van der Waals surface area contributed by atoms with Crippen LogP contribution >= 0.6 is 24.0 Å². The van der Waals surface area contributed by atoms with Gasteiger partial charge in [-0.2, -0.15) is 0 Å². The van der Waals surface area contributed by atoms with Crippen molar-refractivity contribution in [2.24, 2.45) is 4.99 Å². The van der Waals surface area contributed by atoms with Gasteiger partial charge in [0.25, 0.3) is 0 Å². The minimum absolute atomic E-state index is 0. The number of hydrogen-bond donors (Lipinski definition) is 3. The smallest absolute Gasteiger partial charge is 0.225 e. The van der Waals surface area contributed by atoms with E-state index >= 15 is 0 Å². The first-order valence-corrected chi connectivity index (χ1v) is 10.8. The van der Waals surface area contributed by atoms with Gasteiger partial charge in [-0.1, -0.05) is 36.4 Å². The SMILES string of the molecule is CN=C(NCc1cccc(NC(=O)CCN2CCOCC2)c1)NCc1ccccc1C.I. The van der Waals surface area contributed by atoms with Gasteiger partial charge >= 0.3 is 0 Å². The van der Waals surface area contributed by atoms with E-state index in [2.05, 4.69) is 44.9 Å². The highest BCUT2D eigenvalue weighted by Gasteiger charge is 2.12. The van der Waals surface area contributed by atoms with Crippen LogP contribution in [-0.2, 0) is 22.6 Å². The van der Waals surface area contributed by atoms with Crippen molar-refractivity contribution in [1.29, 1.82) is 0 Å². The average Bonchev–Trinajstić information content (AvgIpc) is 2.80. The second-order valence-electron chi connectivity index (χ2n) is 7.66. The van der Waals surface area contributed by atoms with Crippen LogP contribution in [-0.4, -0.2) is 56.7 Å². The topological polar surface area (TPSA) is 78.0 Å². The number of hydrogen-bond acceptors (Lipinski definition) is 4. The van der Waals surface area contributed by atoms with Gasteiger partial charge in [0, 0.05) is 51.9 Å². The largest absolute Gasteiger partial charge is 0.379 e. The molecule has 3 rings (SSSR count). The zero-order valence-corrected chi connectivity index (χ0v) is 21.2. The molecule has 2 aromatic rings. The fraction of sp³-hybridized carbons (Fsp3) is 0.417. The van der Waals surface area contributed by atoms with Crippen molar-refractivity contribution in [2.75, 3.05) is 45.2 Å². The molecule has 1 aliphatic heterocycles. The summed E-state index contributed by atoms with van der Waals surface area (Å²) in [4.78, 5) is 18.9. The fourth-order valence-electron chi connectivity index (χ4n) is 3.46. The molecule has 32 heavy (non-hydrogen) atoms. The third-order valence-electron chi connectivity index (χ3n) is 5.36. The van der Waals surface area contributed by atoms with Gasteiger partial charge < -0.3 is 20.7 Å². The molecular weight excluding hydrogens is 517 g/mol. The molecule has 3 N–H and O–H groups in total. The van der Waals surface area contributed by atoms with Crippen LogP contribution in [0, 0.1) is 6.92 Å². The van der Waals surface area contributed by atoms with E-state index in [1.54, 1.807) is 7.05 Å². The Labute approximate surface area is 208 Å². The lowest BCUT2D eigenvalue weighted by atomic mass is 10.1. The summed E-state index contributed by atoms with van der Waals surface area (Å²) in [5, 5.41) is 9.68. The molecule has 0 saturated carbocycles. The van der Waals surface area contributed by atoms with Crippen molar-refractivity contribution >= 4 is 41.5 Å². The lowest BCUT2D eigenvalue weighted by Gasteiger charge is -2.26. The molecule has 0 bridgehead atoms. The quantitative estimate of drug-likeness (QED) is 0.267. The number of carbonyl (C=O) groups excluding carboxylic acids is 1. The molecule has 1 heterocycles. The van der Waals surface area contributed by atoms with Crippen LogP contribution in [0.5, 0.6) is 0 Å². The van der Waals surface area contributed by atoms with Crippen LogP contribution in [0.25, 0.3) is 0 Å². The second-order valence-corrected chi connectivity index (χ2v) is 7.66. The van der Waals surface area contributed by atoms with Crippen LogP contribution in [0.2, 0.25) is 0 Å². The Balaban J connectivity index is 0.00000363. The molecule has 2 aromatic carbocycles. The maximum atomic E-state index is 12.3. The van der Waals surface area contributed by atoms with E-state index in [0.29, 0.717) is 19.5 Å². The lowest BCUT2D eigenvalue weighted by Crippen LogP contribution is -2.38. The Bertz CT molecular complexity index is 884. The Morgan fingerprint density at radius 3 is 2.56 bits per heavy atom. The van der Waals surface area contributed by atoms with Gasteiger partial charge in [0.05, 0.1) is 13.2 Å². The molecule has 0 radical (unpaired) electrons. The van der Waals surface area contributed by atoms with Crippen LogP contribution in [0.15, 0.2) is 53.5 Å². The number of rotatable bonds is 8. The molecule has 1 saturated heterocycles. The summed E-state index contributed by atoms with van der Waals surface area (Å²) >= 11 is 0. The summed E-state index contributed by atoms with van der Waals surface area (Å²) in [6, 6.07) is 16.2. The van der Waals surface area contributed by atoms with Crippen molar-refractivity contribution in [3.63, 3.8) is 0 Å². The van der Waals surface area contributed by atoms with Crippen molar-refractivity contribution < 1.29 is 9.53 Å². The van der Waals surface area contributed by atoms with Crippen LogP contribution in [0.3, 0.4) is 0 Å². The zero-order chi connectivity index (χ0) is 21.9. The molecule has 8 heteroatoms. The van der Waals surface area contributed by atoms with Crippen molar-refractivity contribution in [3.05, 3.63) is 65.2 Å². The molecule has 0 aromatic heterocycles. The molecule has 1 amide bonds. The lowest BCUT2D eigenvalue weighted by molar-refractivity contribution is -0.116. The molecule has 0 spiro atoms. The van der Waals surface area contributed by atoms with E-state index in [0.717, 1.165) is 50.1 Å². The Hall–Kier alpha value is -2.17.